The Bertz CT molecular complexity index is 479. The number of carbonyl (C=O) groups is 3. The van der Waals surface area contributed by atoms with Crippen molar-refractivity contribution in [2.45, 2.75) is 53.2 Å². The fourth-order valence-corrected chi connectivity index (χ4v) is 2.47. The van der Waals surface area contributed by atoms with Crippen LogP contribution in [0.5, 0.6) is 0 Å². The highest BCUT2D eigenvalue weighted by molar-refractivity contribution is 5.86. The van der Waals surface area contributed by atoms with Crippen molar-refractivity contribution in [1.29, 1.82) is 0 Å². The van der Waals surface area contributed by atoms with Gasteiger partial charge in [-0.3, -0.25) is 4.79 Å². The first-order valence-electron chi connectivity index (χ1n) is 8.75. The molecule has 0 aromatic carbocycles. The van der Waals surface area contributed by atoms with Crippen molar-refractivity contribution in [1.82, 2.24) is 15.1 Å². The molecule has 8 nitrogen and oxygen atoms in total. The van der Waals surface area contributed by atoms with E-state index in [4.69, 9.17) is 9.47 Å². The van der Waals surface area contributed by atoms with Gasteiger partial charge < -0.3 is 24.6 Å². The van der Waals surface area contributed by atoms with E-state index in [2.05, 4.69) is 5.32 Å². The van der Waals surface area contributed by atoms with Gasteiger partial charge in [0.1, 0.15) is 11.6 Å². The first-order valence-corrected chi connectivity index (χ1v) is 8.75. The number of carbonyl (C=O) groups excluding carboxylic acids is 3. The maximum Gasteiger partial charge on any atom is 0.409 e. The number of nitrogens with zero attached hydrogens (tertiary/aromatic N) is 2. The molecule has 1 aliphatic heterocycles. The van der Waals surface area contributed by atoms with E-state index in [1.54, 1.807) is 37.5 Å². The van der Waals surface area contributed by atoms with Crippen molar-refractivity contribution in [3.8, 4) is 0 Å². The summed E-state index contributed by atoms with van der Waals surface area (Å²) in [5, 5.41) is 2.67. The zero-order valence-electron chi connectivity index (χ0n) is 16.1. The Balaban J connectivity index is 2.63. The van der Waals surface area contributed by atoms with Crippen molar-refractivity contribution in [2.24, 2.45) is 5.92 Å². The Kier molecular flexibility index (Phi) is 7.51. The van der Waals surface area contributed by atoms with Crippen LogP contribution in [-0.4, -0.2) is 72.3 Å². The molecule has 0 spiro atoms. The highest BCUT2D eigenvalue weighted by atomic mass is 16.6. The van der Waals surface area contributed by atoms with Gasteiger partial charge in [0.15, 0.2) is 0 Å². The highest BCUT2D eigenvalue weighted by Crippen LogP contribution is 2.12. The number of ether oxygens (including phenoxy) is 2. The van der Waals surface area contributed by atoms with E-state index >= 15 is 0 Å². The van der Waals surface area contributed by atoms with Gasteiger partial charge in [-0.15, -0.1) is 0 Å². The maximum absolute atomic E-state index is 12.8. The lowest BCUT2D eigenvalue weighted by molar-refractivity contribution is -0.136. The van der Waals surface area contributed by atoms with Gasteiger partial charge >= 0.3 is 12.2 Å². The quantitative estimate of drug-likeness (QED) is 0.829. The maximum atomic E-state index is 12.8. The molecule has 0 aromatic heterocycles. The zero-order valence-corrected chi connectivity index (χ0v) is 16.1. The lowest BCUT2D eigenvalue weighted by Gasteiger charge is -2.36. The molecule has 0 saturated carbocycles. The minimum Gasteiger partial charge on any atom is -0.450 e. The molecule has 8 heteroatoms. The van der Waals surface area contributed by atoms with Gasteiger partial charge in [-0.1, -0.05) is 13.8 Å². The Labute approximate surface area is 149 Å². The van der Waals surface area contributed by atoms with Gasteiger partial charge in [-0.25, -0.2) is 9.59 Å². The van der Waals surface area contributed by atoms with Gasteiger partial charge in [0.25, 0.3) is 0 Å². The van der Waals surface area contributed by atoms with E-state index in [1.807, 2.05) is 13.8 Å². The minimum absolute atomic E-state index is 0.0805. The molecular weight excluding hydrogens is 326 g/mol. The first kappa shape index (κ1) is 21.1. The Morgan fingerprint density at radius 2 is 1.56 bits per heavy atom. The topological polar surface area (TPSA) is 88.2 Å². The average molecular weight is 357 g/mol. The number of amides is 3. The second-order valence-electron chi connectivity index (χ2n) is 7.38. The third-order valence-corrected chi connectivity index (χ3v) is 3.72. The summed E-state index contributed by atoms with van der Waals surface area (Å²) in [5.74, 6) is -0.243. The summed E-state index contributed by atoms with van der Waals surface area (Å²) in [4.78, 5) is 39.7. The second kappa shape index (κ2) is 8.92. The van der Waals surface area contributed by atoms with Crippen molar-refractivity contribution in [2.75, 3.05) is 32.8 Å². The van der Waals surface area contributed by atoms with Crippen molar-refractivity contribution < 1.29 is 23.9 Å². The second-order valence-corrected chi connectivity index (χ2v) is 7.38. The van der Waals surface area contributed by atoms with E-state index in [-0.39, 0.29) is 17.9 Å². The van der Waals surface area contributed by atoms with Crippen LogP contribution in [0.1, 0.15) is 41.5 Å². The Morgan fingerprint density at radius 3 is 2.00 bits per heavy atom. The smallest absolute Gasteiger partial charge is 0.409 e. The zero-order chi connectivity index (χ0) is 19.2. The summed E-state index contributed by atoms with van der Waals surface area (Å²) in [6, 6.07) is -0.663. The van der Waals surface area contributed by atoms with Crippen LogP contribution in [0.4, 0.5) is 9.59 Å². The van der Waals surface area contributed by atoms with Gasteiger partial charge in [0, 0.05) is 26.2 Å². The summed E-state index contributed by atoms with van der Waals surface area (Å²) in [7, 11) is 0. The SMILES string of the molecule is CCOC(=O)N1CCN(C(=O)[C@@H](NC(=O)OC(C)(C)C)C(C)C)CC1. The fraction of sp³-hybridized carbons (Fsp3) is 0.824. The number of piperazine rings is 1. The van der Waals surface area contributed by atoms with E-state index in [9.17, 15) is 14.4 Å². The molecule has 0 aromatic rings. The molecule has 1 N–H and O–H groups in total. The summed E-state index contributed by atoms with van der Waals surface area (Å²) in [5.41, 5.74) is -0.625. The summed E-state index contributed by atoms with van der Waals surface area (Å²) in [6.07, 6.45) is -0.966. The van der Waals surface area contributed by atoms with Crippen LogP contribution in [0.2, 0.25) is 0 Å². The van der Waals surface area contributed by atoms with E-state index in [0.29, 0.717) is 32.8 Å². The average Bonchev–Trinajstić information content (AvgIpc) is 2.50. The first-order chi connectivity index (χ1) is 11.5. The third-order valence-electron chi connectivity index (χ3n) is 3.72. The summed E-state index contributed by atoms with van der Waals surface area (Å²) < 4.78 is 10.2. The standard InChI is InChI=1S/C17H31N3O5/c1-7-24-16(23)20-10-8-19(9-11-20)14(21)13(12(2)3)18-15(22)25-17(4,5)6/h12-13H,7-11H2,1-6H3,(H,18,22)/t13-/m0/s1. The normalized spacial score (nSPS) is 16.4. The molecule has 3 amide bonds. The van der Waals surface area contributed by atoms with E-state index < -0.39 is 17.7 Å². The number of hydrogen-bond donors (Lipinski definition) is 1. The molecule has 1 heterocycles. The van der Waals surface area contributed by atoms with Crippen LogP contribution in [-0.2, 0) is 14.3 Å². The molecule has 1 fully saturated rings. The molecule has 1 rings (SSSR count). The van der Waals surface area contributed by atoms with Crippen LogP contribution in [0.15, 0.2) is 0 Å². The number of rotatable bonds is 4. The predicted octanol–water partition coefficient (Wildman–Crippen LogP) is 1.84. The number of hydrogen-bond acceptors (Lipinski definition) is 5. The minimum atomic E-state index is -0.663. The van der Waals surface area contributed by atoms with Gasteiger partial charge in [-0.05, 0) is 33.6 Å². The van der Waals surface area contributed by atoms with Crippen LogP contribution in [0, 0.1) is 5.92 Å². The van der Waals surface area contributed by atoms with Crippen molar-refractivity contribution in [3.63, 3.8) is 0 Å². The molecular formula is C17H31N3O5. The van der Waals surface area contributed by atoms with Gasteiger partial charge in [0.2, 0.25) is 5.91 Å². The molecule has 144 valence electrons. The van der Waals surface area contributed by atoms with E-state index in [0.717, 1.165) is 0 Å². The molecule has 0 aliphatic carbocycles. The molecule has 1 atom stereocenters. The monoisotopic (exact) mass is 357 g/mol. The lowest BCUT2D eigenvalue weighted by Crippen LogP contribution is -2.57. The highest BCUT2D eigenvalue weighted by Gasteiger charge is 2.33. The molecule has 25 heavy (non-hydrogen) atoms. The van der Waals surface area contributed by atoms with E-state index in [1.165, 1.54) is 0 Å². The number of alkyl carbamates (subject to hydrolysis) is 1. The molecule has 1 aliphatic rings. The Hall–Kier alpha value is -1.99. The summed E-state index contributed by atoms with van der Waals surface area (Å²) in [6.45, 7) is 12.8. The largest absolute Gasteiger partial charge is 0.450 e. The summed E-state index contributed by atoms with van der Waals surface area (Å²) >= 11 is 0. The van der Waals surface area contributed by atoms with Crippen LogP contribution in [0.3, 0.4) is 0 Å². The Morgan fingerprint density at radius 1 is 1.04 bits per heavy atom. The molecule has 0 unspecified atom stereocenters. The molecule has 0 radical (unpaired) electrons. The molecule has 0 bridgehead atoms. The lowest BCUT2D eigenvalue weighted by atomic mass is 10.0. The fourth-order valence-electron chi connectivity index (χ4n) is 2.47. The van der Waals surface area contributed by atoms with Gasteiger partial charge in [-0.2, -0.15) is 0 Å². The predicted molar refractivity (Wildman–Crippen MR) is 93.2 cm³/mol. The molecule has 1 saturated heterocycles. The van der Waals surface area contributed by atoms with Gasteiger partial charge in [0.05, 0.1) is 6.61 Å². The number of nitrogens with one attached hydrogen (secondary N) is 1. The van der Waals surface area contributed by atoms with Crippen LogP contribution >= 0.6 is 0 Å². The van der Waals surface area contributed by atoms with Crippen LogP contribution in [0.25, 0.3) is 0 Å². The van der Waals surface area contributed by atoms with Crippen molar-refractivity contribution >= 4 is 18.1 Å². The van der Waals surface area contributed by atoms with Crippen molar-refractivity contribution in [3.05, 3.63) is 0 Å². The van der Waals surface area contributed by atoms with Crippen LogP contribution < -0.4 is 5.32 Å². The third kappa shape index (κ3) is 6.80.